The molecule has 7 nitrogen and oxygen atoms in total. The number of nitrogens with zero attached hydrogens (tertiary/aromatic N) is 1. The predicted molar refractivity (Wildman–Crippen MR) is 95.7 cm³/mol. The van der Waals surface area contributed by atoms with Gasteiger partial charge >= 0.3 is 0 Å². The molecule has 1 atom stereocenters. The van der Waals surface area contributed by atoms with Crippen LogP contribution in [0.25, 0.3) is 0 Å². The Hall–Kier alpha value is -1.55. The molecule has 26 heavy (non-hydrogen) atoms. The lowest BCUT2D eigenvalue weighted by Crippen LogP contribution is -2.52. The molecule has 1 unspecified atom stereocenters. The molecular formula is C17H27FN2O5S. The Kier molecular flexibility index (Phi) is 9.14. The van der Waals surface area contributed by atoms with E-state index in [1.807, 2.05) is 0 Å². The van der Waals surface area contributed by atoms with Crippen molar-refractivity contribution >= 4 is 15.9 Å². The van der Waals surface area contributed by atoms with E-state index in [1.54, 1.807) is 13.8 Å². The largest absolute Gasteiger partial charge is 0.383 e. The van der Waals surface area contributed by atoms with E-state index in [-0.39, 0.29) is 5.92 Å². The molecule has 148 valence electrons. The summed E-state index contributed by atoms with van der Waals surface area (Å²) in [6.45, 7) is 4.64. The highest BCUT2D eigenvalue weighted by atomic mass is 32.2. The molecule has 0 saturated heterocycles. The average Bonchev–Trinajstić information content (AvgIpc) is 2.59. The van der Waals surface area contributed by atoms with Gasteiger partial charge in [-0.1, -0.05) is 26.0 Å². The summed E-state index contributed by atoms with van der Waals surface area (Å²) >= 11 is 0. The Bertz CT molecular complexity index is 673. The zero-order valence-electron chi connectivity index (χ0n) is 15.6. The molecular weight excluding hydrogens is 363 g/mol. The molecule has 0 aliphatic heterocycles. The van der Waals surface area contributed by atoms with Crippen molar-refractivity contribution in [2.45, 2.75) is 24.8 Å². The summed E-state index contributed by atoms with van der Waals surface area (Å²) in [7, 11) is -1.16. The number of ether oxygens (including phenoxy) is 2. The van der Waals surface area contributed by atoms with Crippen molar-refractivity contribution in [2.75, 3.05) is 40.5 Å². The van der Waals surface area contributed by atoms with Crippen molar-refractivity contribution in [1.82, 2.24) is 9.62 Å². The van der Waals surface area contributed by atoms with Crippen LogP contribution in [0.1, 0.15) is 13.8 Å². The monoisotopic (exact) mass is 390 g/mol. The molecule has 1 aromatic carbocycles. The van der Waals surface area contributed by atoms with Gasteiger partial charge in [0.05, 0.1) is 13.2 Å². The molecule has 0 fully saturated rings. The van der Waals surface area contributed by atoms with Gasteiger partial charge < -0.3 is 14.4 Å². The van der Waals surface area contributed by atoms with Crippen molar-refractivity contribution in [3.63, 3.8) is 0 Å². The number of hydrogen-bond donors (Lipinski definition) is 1. The minimum atomic E-state index is -4.19. The van der Waals surface area contributed by atoms with Crippen LogP contribution >= 0.6 is 0 Å². The van der Waals surface area contributed by atoms with Crippen LogP contribution in [0.5, 0.6) is 0 Å². The summed E-state index contributed by atoms with van der Waals surface area (Å²) in [6, 6.07) is 4.01. The summed E-state index contributed by atoms with van der Waals surface area (Å²) in [4.78, 5) is 13.9. The van der Waals surface area contributed by atoms with Crippen LogP contribution in [0.2, 0.25) is 0 Å². The maximum Gasteiger partial charge on any atom is 0.244 e. The lowest BCUT2D eigenvalue weighted by Gasteiger charge is -2.29. The Morgan fingerprint density at radius 3 is 2.15 bits per heavy atom. The summed E-state index contributed by atoms with van der Waals surface area (Å²) in [5.74, 6) is -1.61. The third-order valence-corrected chi connectivity index (χ3v) is 5.26. The number of hydrogen-bond acceptors (Lipinski definition) is 5. The van der Waals surface area contributed by atoms with Gasteiger partial charge in [0.25, 0.3) is 0 Å². The number of sulfonamides is 1. The minimum absolute atomic E-state index is 0.295. The fourth-order valence-electron chi connectivity index (χ4n) is 2.30. The molecule has 0 aliphatic carbocycles. The Morgan fingerprint density at radius 2 is 1.69 bits per heavy atom. The molecule has 0 aliphatic rings. The SMILES string of the molecule is COCCN(CCOC)C(=O)C(NS(=O)(=O)c1ccccc1F)C(C)C. The van der Waals surface area contributed by atoms with E-state index in [9.17, 15) is 17.6 Å². The standard InChI is InChI=1S/C17H27FN2O5S/c1-13(2)16(17(21)20(9-11-24-3)10-12-25-4)19-26(22,23)15-8-6-5-7-14(15)18/h5-8,13,16,19H,9-12H2,1-4H3. The third-order valence-electron chi connectivity index (χ3n) is 3.78. The van der Waals surface area contributed by atoms with Gasteiger partial charge in [0.1, 0.15) is 16.8 Å². The average molecular weight is 390 g/mol. The topological polar surface area (TPSA) is 84.9 Å². The van der Waals surface area contributed by atoms with E-state index >= 15 is 0 Å². The van der Waals surface area contributed by atoms with E-state index < -0.39 is 32.7 Å². The zero-order chi connectivity index (χ0) is 19.7. The molecule has 0 spiro atoms. The maximum atomic E-state index is 13.9. The molecule has 0 heterocycles. The van der Waals surface area contributed by atoms with Crippen molar-refractivity contribution in [3.05, 3.63) is 30.1 Å². The van der Waals surface area contributed by atoms with Crippen LogP contribution in [0.15, 0.2) is 29.2 Å². The van der Waals surface area contributed by atoms with Gasteiger partial charge in [-0.2, -0.15) is 4.72 Å². The third kappa shape index (κ3) is 6.31. The Balaban J connectivity index is 3.05. The van der Waals surface area contributed by atoms with Gasteiger partial charge in [0.15, 0.2) is 0 Å². The highest BCUT2D eigenvalue weighted by molar-refractivity contribution is 7.89. The van der Waals surface area contributed by atoms with Crippen LogP contribution < -0.4 is 4.72 Å². The molecule has 0 radical (unpaired) electrons. The molecule has 0 bridgehead atoms. The minimum Gasteiger partial charge on any atom is -0.383 e. The second-order valence-corrected chi connectivity index (χ2v) is 7.77. The highest BCUT2D eigenvalue weighted by Gasteiger charge is 2.32. The van der Waals surface area contributed by atoms with E-state index in [0.29, 0.717) is 26.3 Å². The fourth-order valence-corrected chi connectivity index (χ4v) is 3.71. The van der Waals surface area contributed by atoms with Crippen molar-refractivity contribution in [2.24, 2.45) is 5.92 Å². The number of carbonyl (C=O) groups is 1. The van der Waals surface area contributed by atoms with Crippen LogP contribution in [-0.4, -0.2) is 65.8 Å². The smallest absolute Gasteiger partial charge is 0.244 e. The number of benzene rings is 1. The first-order valence-electron chi connectivity index (χ1n) is 8.28. The van der Waals surface area contributed by atoms with Crippen LogP contribution in [0.4, 0.5) is 4.39 Å². The maximum absolute atomic E-state index is 13.9. The van der Waals surface area contributed by atoms with Gasteiger partial charge in [-0.15, -0.1) is 0 Å². The van der Waals surface area contributed by atoms with Crippen molar-refractivity contribution in [3.8, 4) is 0 Å². The quantitative estimate of drug-likeness (QED) is 0.615. The summed E-state index contributed by atoms with van der Waals surface area (Å²) < 4.78 is 51.3. The Morgan fingerprint density at radius 1 is 1.15 bits per heavy atom. The number of nitrogens with one attached hydrogen (secondary N) is 1. The molecule has 0 saturated carbocycles. The molecule has 1 amide bonds. The second kappa shape index (κ2) is 10.6. The van der Waals surface area contributed by atoms with Crippen LogP contribution in [0.3, 0.4) is 0 Å². The van der Waals surface area contributed by atoms with Crippen LogP contribution in [-0.2, 0) is 24.3 Å². The van der Waals surface area contributed by atoms with E-state index in [4.69, 9.17) is 9.47 Å². The normalized spacial score (nSPS) is 13.0. The molecule has 9 heteroatoms. The predicted octanol–water partition coefficient (Wildman–Crippen LogP) is 1.25. The summed E-state index contributed by atoms with van der Waals surface area (Å²) in [6.07, 6.45) is 0. The summed E-state index contributed by atoms with van der Waals surface area (Å²) in [5, 5.41) is 0. The number of halogens is 1. The molecule has 1 N–H and O–H groups in total. The van der Waals surface area contributed by atoms with Gasteiger partial charge in [0, 0.05) is 27.3 Å². The van der Waals surface area contributed by atoms with Gasteiger partial charge in [-0.3, -0.25) is 4.79 Å². The Labute approximate surface area is 154 Å². The van der Waals surface area contributed by atoms with E-state index in [1.165, 1.54) is 31.3 Å². The van der Waals surface area contributed by atoms with Gasteiger partial charge in [-0.25, -0.2) is 12.8 Å². The second-order valence-electron chi connectivity index (χ2n) is 6.08. The lowest BCUT2D eigenvalue weighted by atomic mass is 10.0. The van der Waals surface area contributed by atoms with E-state index in [0.717, 1.165) is 12.1 Å². The first kappa shape index (κ1) is 22.5. The van der Waals surface area contributed by atoms with Crippen LogP contribution in [0, 0.1) is 11.7 Å². The molecule has 0 aromatic heterocycles. The molecule has 1 aromatic rings. The fraction of sp³-hybridized carbons (Fsp3) is 0.588. The summed E-state index contributed by atoms with van der Waals surface area (Å²) in [5.41, 5.74) is 0. The zero-order valence-corrected chi connectivity index (χ0v) is 16.4. The molecule has 1 rings (SSSR count). The number of rotatable bonds is 11. The van der Waals surface area contributed by atoms with E-state index in [2.05, 4.69) is 4.72 Å². The van der Waals surface area contributed by atoms with Gasteiger partial charge in [-0.05, 0) is 18.1 Å². The number of carbonyl (C=O) groups excluding carboxylic acids is 1. The van der Waals surface area contributed by atoms with Crippen molar-refractivity contribution in [1.29, 1.82) is 0 Å². The number of amides is 1. The highest BCUT2D eigenvalue weighted by Crippen LogP contribution is 2.16. The number of methoxy groups -OCH3 is 2. The van der Waals surface area contributed by atoms with Crippen molar-refractivity contribution < 1.29 is 27.1 Å². The van der Waals surface area contributed by atoms with Gasteiger partial charge in [0.2, 0.25) is 15.9 Å². The first-order chi connectivity index (χ1) is 12.2. The first-order valence-corrected chi connectivity index (χ1v) is 9.76. The lowest BCUT2D eigenvalue weighted by molar-refractivity contribution is -0.135.